The van der Waals surface area contributed by atoms with E-state index in [1.54, 1.807) is 0 Å². The van der Waals surface area contributed by atoms with Crippen LogP contribution in [0, 0.1) is 0 Å². The van der Waals surface area contributed by atoms with Gasteiger partial charge < -0.3 is 4.74 Å². The summed E-state index contributed by atoms with van der Waals surface area (Å²) in [6.45, 7) is 7.02. The van der Waals surface area contributed by atoms with Crippen molar-refractivity contribution in [2.45, 2.75) is 143 Å². The summed E-state index contributed by atoms with van der Waals surface area (Å²) in [4.78, 5) is 12.0. The second kappa shape index (κ2) is 22.5. The van der Waals surface area contributed by atoms with Crippen LogP contribution in [-0.4, -0.2) is 12.6 Å². The van der Waals surface area contributed by atoms with E-state index >= 15 is 0 Å². The lowest BCUT2D eigenvalue weighted by atomic mass is 10.0. The number of ether oxygens (including phenoxy) is 1. The first kappa shape index (κ1) is 27.2. The summed E-state index contributed by atoms with van der Waals surface area (Å²) in [5.74, 6) is -0.100. The smallest absolute Gasteiger partial charge is 0.333 e. The number of unbranched alkanes of at least 4 members (excludes halogenated alkanes) is 16. The van der Waals surface area contributed by atoms with E-state index in [4.69, 9.17) is 4.74 Å². The number of rotatable bonds is 21. The number of carbonyl (C=O) groups excluding carboxylic acids is 1. The summed E-state index contributed by atoms with van der Waals surface area (Å²) in [7, 11) is 0. The van der Waals surface area contributed by atoms with Crippen molar-refractivity contribution in [1.29, 1.82) is 0 Å². The fourth-order valence-electron chi connectivity index (χ4n) is 3.60. The van der Waals surface area contributed by atoms with Crippen molar-refractivity contribution < 1.29 is 9.53 Å². The number of hydrogen-bond donors (Lipinski definition) is 0. The van der Waals surface area contributed by atoms with Crippen LogP contribution < -0.4 is 0 Å². The lowest BCUT2D eigenvalue weighted by Gasteiger charge is -2.07. The number of carbonyl (C=O) groups is 1. The van der Waals surface area contributed by atoms with E-state index in [2.05, 4.69) is 13.8 Å². The third-order valence-corrected chi connectivity index (χ3v) is 5.55. The van der Waals surface area contributed by atoms with Crippen molar-refractivity contribution in [3.63, 3.8) is 0 Å². The van der Waals surface area contributed by atoms with Gasteiger partial charge in [-0.2, -0.15) is 0 Å². The minimum atomic E-state index is -0.100. The van der Waals surface area contributed by atoms with Crippen LogP contribution in [0.25, 0.3) is 0 Å². The molecule has 0 saturated carbocycles. The van der Waals surface area contributed by atoms with Crippen LogP contribution in [0.5, 0.6) is 0 Å². The molecular weight excluding hydrogens is 344 g/mol. The van der Waals surface area contributed by atoms with Crippen molar-refractivity contribution in [2.24, 2.45) is 0 Å². The SMILES string of the molecule is CCCC=C(CC)C(=O)OCCCCCCCCCCCCCCCCCC. The molecular formula is C26H50O2. The van der Waals surface area contributed by atoms with Gasteiger partial charge in [-0.1, -0.05) is 130 Å². The summed E-state index contributed by atoms with van der Waals surface area (Å²) in [6.07, 6.45) is 26.7. The molecule has 0 aromatic rings. The molecule has 0 rings (SSSR count). The Hall–Kier alpha value is -0.790. The molecule has 166 valence electrons. The molecule has 0 bridgehead atoms. The predicted molar refractivity (Wildman–Crippen MR) is 124 cm³/mol. The van der Waals surface area contributed by atoms with Crippen molar-refractivity contribution >= 4 is 5.97 Å². The largest absolute Gasteiger partial charge is 0.462 e. The van der Waals surface area contributed by atoms with Crippen LogP contribution in [0.2, 0.25) is 0 Å². The van der Waals surface area contributed by atoms with Gasteiger partial charge in [-0.3, -0.25) is 0 Å². The molecule has 0 aliphatic heterocycles. The maximum absolute atomic E-state index is 12.0. The Labute approximate surface area is 176 Å². The van der Waals surface area contributed by atoms with Crippen LogP contribution in [0.15, 0.2) is 11.6 Å². The molecule has 0 aromatic heterocycles. The van der Waals surface area contributed by atoms with E-state index < -0.39 is 0 Å². The highest BCUT2D eigenvalue weighted by Crippen LogP contribution is 2.14. The van der Waals surface area contributed by atoms with Gasteiger partial charge in [0.2, 0.25) is 0 Å². The van der Waals surface area contributed by atoms with Crippen LogP contribution in [-0.2, 0) is 9.53 Å². The van der Waals surface area contributed by atoms with E-state index in [9.17, 15) is 4.79 Å². The highest BCUT2D eigenvalue weighted by atomic mass is 16.5. The summed E-state index contributed by atoms with van der Waals surface area (Å²) in [6, 6.07) is 0. The number of allylic oxidation sites excluding steroid dienone is 1. The minimum absolute atomic E-state index is 0.100. The molecule has 2 heteroatoms. The van der Waals surface area contributed by atoms with Gasteiger partial charge >= 0.3 is 5.97 Å². The maximum atomic E-state index is 12.0. The maximum Gasteiger partial charge on any atom is 0.333 e. The molecule has 0 saturated heterocycles. The first-order valence-corrected chi connectivity index (χ1v) is 12.6. The van der Waals surface area contributed by atoms with Gasteiger partial charge in [0.25, 0.3) is 0 Å². The molecule has 0 heterocycles. The van der Waals surface area contributed by atoms with Crippen molar-refractivity contribution in [3.05, 3.63) is 11.6 Å². The molecule has 28 heavy (non-hydrogen) atoms. The van der Waals surface area contributed by atoms with Gasteiger partial charge in [-0.25, -0.2) is 4.79 Å². The average Bonchev–Trinajstić information content (AvgIpc) is 2.70. The van der Waals surface area contributed by atoms with Gasteiger partial charge in [0.1, 0.15) is 0 Å². The van der Waals surface area contributed by atoms with Crippen molar-refractivity contribution in [2.75, 3.05) is 6.61 Å². The first-order chi connectivity index (χ1) is 13.8. The van der Waals surface area contributed by atoms with Crippen LogP contribution >= 0.6 is 0 Å². The summed E-state index contributed by atoms with van der Waals surface area (Å²) >= 11 is 0. The molecule has 0 atom stereocenters. The summed E-state index contributed by atoms with van der Waals surface area (Å²) in [5, 5.41) is 0. The zero-order chi connectivity index (χ0) is 20.7. The van der Waals surface area contributed by atoms with E-state index in [1.807, 2.05) is 13.0 Å². The Kier molecular flexibility index (Phi) is 21.9. The summed E-state index contributed by atoms with van der Waals surface area (Å²) in [5.41, 5.74) is 0.846. The molecule has 0 aromatic carbocycles. The average molecular weight is 395 g/mol. The third-order valence-electron chi connectivity index (χ3n) is 5.55. The number of hydrogen-bond acceptors (Lipinski definition) is 2. The van der Waals surface area contributed by atoms with E-state index in [0.717, 1.165) is 31.3 Å². The molecule has 2 nitrogen and oxygen atoms in total. The lowest BCUT2D eigenvalue weighted by molar-refractivity contribution is -0.139. The van der Waals surface area contributed by atoms with Gasteiger partial charge in [0, 0.05) is 5.57 Å². The second-order valence-electron chi connectivity index (χ2n) is 8.31. The molecule has 0 unspecified atom stereocenters. The predicted octanol–water partition coefficient (Wildman–Crippen LogP) is 8.93. The Balaban J connectivity index is 3.28. The van der Waals surface area contributed by atoms with Crippen LogP contribution in [0.3, 0.4) is 0 Å². The fourth-order valence-corrected chi connectivity index (χ4v) is 3.60. The fraction of sp³-hybridized carbons (Fsp3) is 0.885. The standard InChI is InChI=1S/C26H50O2/c1-4-7-9-10-11-12-13-14-15-16-17-18-19-20-21-22-24-28-26(27)25(6-3)23-8-5-2/h23H,4-22,24H2,1-3H3. The molecule has 0 N–H and O–H groups in total. The number of esters is 1. The zero-order valence-electron chi connectivity index (χ0n) is 19.5. The zero-order valence-corrected chi connectivity index (χ0v) is 19.5. The summed E-state index contributed by atoms with van der Waals surface area (Å²) < 4.78 is 5.40. The Morgan fingerprint density at radius 1 is 0.607 bits per heavy atom. The first-order valence-electron chi connectivity index (χ1n) is 12.6. The van der Waals surface area contributed by atoms with Gasteiger partial charge in [-0.15, -0.1) is 0 Å². The monoisotopic (exact) mass is 394 g/mol. The molecule has 0 aliphatic rings. The van der Waals surface area contributed by atoms with Gasteiger partial charge in [0.05, 0.1) is 6.61 Å². The quantitative estimate of drug-likeness (QED) is 0.110. The molecule has 0 aliphatic carbocycles. The van der Waals surface area contributed by atoms with Crippen LogP contribution in [0.1, 0.15) is 143 Å². The Morgan fingerprint density at radius 3 is 1.43 bits per heavy atom. The second-order valence-corrected chi connectivity index (χ2v) is 8.31. The Morgan fingerprint density at radius 2 is 1.04 bits per heavy atom. The van der Waals surface area contributed by atoms with E-state index in [1.165, 1.54) is 96.3 Å². The Bertz CT molecular complexity index is 359. The van der Waals surface area contributed by atoms with Crippen molar-refractivity contribution in [3.8, 4) is 0 Å². The minimum Gasteiger partial charge on any atom is -0.462 e. The third kappa shape index (κ3) is 18.6. The highest BCUT2D eigenvalue weighted by Gasteiger charge is 2.07. The molecule has 0 fully saturated rings. The van der Waals surface area contributed by atoms with Crippen molar-refractivity contribution in [1.82, 2.24) is 0 Å². The lowest BCUT2D eigenvalue weighted by Crippen LogP contribution is -2.08. The molecule has 0 amide bonds. The molecule has 0 spiro atoms. The highest BCUT2D eigenvalue weighted by molar-refractivity contribution is 5.88. The molecule has 0 radical (unpaired) electrons. The van der Waals surface area contributed by atoms with E-state index in [0.29, 0.717) is 6.61 Å². The van der Waals surface area contributed by atoms with Gasteiger partial charge in [-0.05, 0) is 19.3 Å². The van der Waals surface area contributed by atoms with Gasteiger partial charge in [0.15, 0.2) is 0 Å². The topological polar surface area (TPSA) is 26.3 Å². The van der Waals surface area contributed by atoms with Crippen LogP contribution in [0.4, 0.5) is 0 Å². The normalized spacial score (nSPS) is 11.8. The van der Waals surface area contributed by atoms with E-state index in [-0.39, 0.29) is 5.97 Å².